The molecule has 11 aromatic rings. The molecule has 0 N–H and O–H groups in total. The number of hydrogen-bond donors (Lipinski definition) is 0. The molecule has 2 nitrogen and oxygen atoms in total. The molecule has 0 spiro atoms. The Bertz CT molecular complexity index is 4690. The van der Waals surface area contributed by atoms with Crippen molar-refractivity contribution >= 4 is 55.8 Å². The minimum absolute atomic E-state index is 0.227. The lowest BCUT2D eigenvalue weighted by molar-refractivity contribution is 0.680. The highest BCUT2D eigenvalue weighted by Crippen LogP contribution is 2.56. The molecule has 3 atom stereocenters. The fraction of sp³-hybridized carbons (Fsp3) is 0.116. The molecule has 0 bridgehead atoms. The molecule has 0 amide bonds. The smallest absolute Gasteiger partial charge is 0.0713 e. The Hall–Kier alpha value is -10.3. The van der Waals surface area contributed by atoms with Crippen LogP contribution in [0.3, 0.4) is 0 Å². The lowest BCUT2D eigenvalue weighted by Crippen LogP contribution is -2.29. The molecule has 1 aromatic heterocycles. The first-order valence-electron chi connectivity index (χ1n) is 31.4. The standard InChI is InChI=1S/C86H70N2/c1-5-19-81-77(6-2)78-50-43-71(57-82(78)86(81,72-25-9-7-10-26-72)73-27-11-8-12-28-73)64-41-47-75(48-42-64)87(74-45-39-63(40-46-74)66-22-17-23-67(54-66)70-38-37-60-20-13-14-21-65(60)55-70)83-51-44-69(53-59(83)4)62-35-33-61(34-36-62)68-24-18-29-76(56-68)88-84-31-16-15-30-79(84)80-49-32-58(3)52-85(80)88/h5-51,55-59,66H,2,52-54H2,1,3-4H3/b19-5-. The van der Waals surface area contributed by atoms with Gasteiger partial charge in [0.2, 0.25) is 0 Å². The number of para-hydroxylation sites is 1. The molecule has 1 heterocycles. The molecule has 0 saturated carbocycles. The summed E-state index contributed by atoms with van der Waals surface area (Å²) in [6.07, 6.45) is 25.8. The minimum Gasteiger partial charge on any atom is -0.314 e. The second-order valence-corrected chi connectivity index (χ2v) is 24.5. The van der Waals surface area contributed by atoms with Crippen molar-refractivity contribution in [3.8, 4) is 27.9 Å². The Kier molecular flexibility index (Phi) is 14.1. The van der Waals surface area contributed by atoms with Crippen molar-refractivity contribution in [2.24, 2.45) is 11.8 Å². The average Bonchev–Trinajstić information content (AvgIpc) is 1.62. The normalized spacial score (nSPS) is 17.6. The third kappa shape index (κ3) is 9.52. The molecule has 2 heteroatoms. The lowest BCUT2D eigenvalue weighted by atomic mass is 9.66. The van der Waals surface area contributed by atoms with Gasteiger partial charge in [-0.3, -0.25) is 0 Å². The maximum absolute atomic E-state index is 4.40. The summed E-state index contributed by atoms with van der Waals surface area (Å²) in [5, 5.41) is 3.87. The maximum Gasteiger partial charge on any atom is 0.0713 e. The van der Waals surface area contributed by atoms with E-state index in [0.29, 0.717) is 5.92 Å². The Labute approximate surface area is 518 Å². The van der Waals surface area contributed by atoms with Crippen molar-refractivity contribution in [3.63, 3.8) is 0 Å². The van der Waals surface area contributed by atoms with Crippen LogP contribution in [-0.2, 0) is 11.8 Å². The molecule has 3 unspecified atom stereocenters. The first-order chi connectivity index (χ1) is 43.3. The molecule has 0 fully saturated rings. The van der Waals surface area contributed by atoms with Crippen molar-refractivity contribution < 1.29 is 0 Å². The van der Waals surface area contributed by atoms with Gasteiger partial charge in [-0.05, 0) is 187 Å². The number of nitrogens with zero attached hydrogens (tertiary/aromatic N) is 2. The fourth-order valence-corrected chi connectivity index (χ4v) is 14.9. The van der Waals surface area contributed by atoms with Crippen LogP contribution in [-0.4, -0.2) is 4.57 Å². The van der Waals surface area contributed by atoms with E-state index in [-0.39, 0.29) is 11.8 Å². The zero-order valence-corrected chi connectivity index (χ0v) is 50.3. The predicted molar refractivity (Wildman–Crippen MR) is 374 cm³/mol. The summed E-state index contributed by atoms with van der Waals surface area (Å²) in [7, 11) is 0. The summed E-state index contributed by atoms with van der Waals surface area (Å²) in [4.78, 5) is 2.50. The van der Waals surface area contributed by atoms with E-state index in [1.807, 2.05) is 0 Å². The highest BCUT2D eigenvalue weighted by molar-refractivity contribution is 5.95. The maximum atomic E-state index is 4.40. The van der Waals surface area contributed by atoms with E-state index in [4.69, 9.17) is 0 Å². The molecule has 4 aliphatic rings. The second kappa shape index (κ2) is 22.9. The van der Waals surface area contributed by atoms with E-state index in [1.54, 1.807) is 0 Å². The zero-order valence-electron chi connectivity index (χ0n) is 50.3. The summed E-state index contributed by atoms with van der Waals surface area (Å²) < 4.78 is 2.49. The average molecular weight is 1130 g/mol. The van der Waals surface area contributed by atoms with Crippen LogP contribution in [0.5, 0.6) is 0 Å². The molecule has 10 aromatic carbocycles. The van der Waals surface area contributed by atoms with E-state index in [1.165, 1.54) is 128 Å². The van der Waals surface area contributed by atoms with Crippen LogP contribution in [0.1, 0.15) is 89.7 Å². The highest BCUT2D eigenvalue weighted by Gasteiger charge is 2.46. The van der Waals surface area contributed by atoms with Crippen LogP contribution in [0.15, 0.2) is 315 Å². The molecule has 0 aliphatic heterocycles. The SMILES string of the molecule is C=CC1=C(/C=C\C)C(c2ccccc2)(c2ccccc2)c2cc(-c3ccc(N(C4=CC=C(c5ccc(-c6cccc(-n7c8c(c9ccccc97)C=CC(C)C8)c6)cc5)CC4C)c4ccc(C5C=CC=C(c6ccc7ccccc7c6)C5)cc4)cc3)ccc21. The lowest BCUT2D eigenvalue weighted by Gasteiger charge is -2.35. The van der Waals surface area contributed by atoms with Crippen LogP contribution >= 0.6 is 0 Å². The fourth-order valence-electron chi connectivity index (χ4n) is 14.9. The number of aromatic nitrogens is 1. The largest absolute Gasteiger partial charge is 0.314 e. The minimum atomic E-state index is -0.533. The van der Waals surface area contributed by atoms with E-state index in [9.17, 15) is 0 Å². The van der Waals surface area contributed by atoms with E-state index >= 15 is 0 Å². The number of fused-ring (bicyclic) bond motifs is 5. The van der Waals surface area contributed by atoms with E-state index in [2.05, 4.69) is 340 Å². The molecule has 424 valence electrons. The van der Waals surface area contributed by atoms with Gasteiger partial charge >= 0.3 is 0 Å². The van der Waals surface area contributed by atoms with Gasteiger partial charge in [0, 0.05) is 51.2 Å². The Balaban J connectivity index is 0.767. The number of benzene rings is 10. The first kappa shape index (κ1) is 54.4. The van der Waals surface area contributed by atoms with E-state index in [0.717, 1.165) is 30.6 Å². The van der Waals surface area contributed by atoms with Gasteiger partial charge in [-0.1, -0.05) is 263 Å². The van der Waals surface area contributed by atoms with Crippen LogP contribution in [0.2, 0.25) is 0 Å². The Morgan fingerprint density at radius 1 is 0.523 bits per heavy atom. The van der Waals surface area contributed by atoms with Crippen LogP contribution < -0.4 is 4.90 Å². The van der Waals surface area contributed by atoms with Crippen molar-refractivity contribution in [3.05, 3.63) is 365 Å². The number of anilines is 2. The third-order valence-corrected chi connectivity index (χ3v) is 19.2. The molecule has 4 aliphatic carbocycles. The molecular weight excluding hydrogens is 1060 g/mol. The molecule has 88 heavy (non-hydrogen) atoms. The van der Waals surface area contributed by atoms with Gasteiger partial charge in [0.15, 0.2) is 0 Å². The van der Waals surface area contributed by atoms with Gasteiger partial charge in [-0.25, -0.2) is 0 Å². The van der Waals surface area contributed by atoms with Gasteiger partial charge < -0.3 is 9.47 Å². The van der Waals surface area contributed by atoms with Gasteiger partial charge in [0.25, 0.3) is 0 Å². The van der Waals surface area contributed by atoms with Gasteiger partial charge in [-0.2, -0.15) is 0 Å². The molecule has 15 rings (SSSR count). The molecular formula is C86H70N2. The van der Waals surface area contributed by atoms with Gasteiger partial charge in [0.1, 0.15) is 0 Å². The van der Waals surface area contributed by atoms with Crippen molar-refractivity contribution in [1.29, 1.82) is 0 Å². The highest BCUT2D eigenvalue weighted by atomic mass is 15.2. The van der Waals surface area contributed by atoms with Gasteiger partial charge in [-0.15, -0.1) is 0 Å². The summed E-state index contributed by atoms with van der Waals surface area (Å²) in [6.45, 7) is 11.2. The van der Waals surface area contributed by atoms with Crippen LogP contribution in [0.25, 0.3) is 72.4 Å². The van der Waals surface area contributed by atoms with Crippen molar-refractivity contribution in [2.45, 2.75) is 51.4 Å². The van der Waals surface area contributed by atoms with Crippen LogP contribution in [0, 0.1) is 11.8 Å². The summed E-state index contributed by atoms with van der Waals surface area (Å²) in [6, 6.07) is 90.6. The number of hydrogen-bond acceptors (Lipinski definition) is 1. The Morgan fingerprint density at radius 2 is 1.16 bits per heavy atom. The van der Waals surface area contributed by atoms with Gasteiger partial charge in [0.05, 0.1) is 10.9 Å². The second-order valence-electron chi connectivity index (χ2n) is 24.5. The molecule has 0 saturated heterocycles. The van der Waals surface area contributed by atoms with Crippen molar-refractivity contribution in [1.82, 2.24) is 4.57 Å². The van der Waals surface area contributed by atoms with Crippen LogP contribution in [0.4, 0.5) is 11.4 Å². The third-order valence-electron chi connectivity index (χ3n) is 19.2. The topological polar surface area (TPSA) is 8.17 Å². The predicted octanol–water partition coefficient (Wildman–Crippen LogP) is 22.5. The summed E-state index contributed by atoms with van der Waals surface area (Å²) in [5.74, 6) is 1.00. The van der Waals surface area contributed by atoms with E-state index < -0.39 is 5.41 Å². The molecule has 0 radical (unpaired) electrons. The summed E-state index contributed by atoms with van der Waals surface area (Å²) >= 11 is 0. The quantitative estimate of drug-likeness (QED) is 0.112. The monoisotopic (exact) mass is 1130 g/mol. The number of rotatable bonds is 13. The number of allylic oxidation sites excluding steroid dienone is 14. The van der Waals surface area contributed by atoms with Crippen molar-refractivity contribution in [2.75, 3.05) is 4.90 Å². The Morgan fingerprint density at radius 3 is 1.89 bits per heavy atom. The summed E-state index contributed by atoms with van der Waals surface area (Å²) in [5.41, 5.74) is 27.0. The zero-order chi connectivity index (χ0) is 59.3. The first-order valence-corrected chi connectivity index (χ1v) is 31.4.